The molecule has 0 saturated carbocycles. The van der Waals surface area contributed by atoms with E-state index < -0.39 is 5.91 Å². The van der Waals surface area contributed by atoms with E-state index in [0.29, 0.717) is 11.3 Å². The number of benzene rings is 1. The predicted octanol–water partition coefficient (Wildman–Crippen LogP) is 2.47. The monoisotopic (exact) mass is 310 g/mol. The lowest BCUT2D eigenvalue weighted by atomic mass is 10.2. The van der Waals surface area contributed by atoms with E-state index in [2.05, 4.69) is 5.32 Å². The van der Waals surface area contributed by atoms with Crippen LogP contribution in [-0.2, 0) is 11.3 Å². The Morgan fingerprint density at radius 1 is 1.30 bits per heavy atom. The Morgan fingerprint density at radius 3 is 2.78 bits per heavy atom. The van der Waals surface area contributed by atoms with Crippen LogP contribution in [0.4, 0.5) is 0 Å². The molecular weight excluding hydrogens is 296 g/mol. The van der Waals surface area contributed by atoms with Crippen molar-refractivity contribution >= 4 is 12.0 Å². The summed E-state index contributed by atoms with van der Waals surface area (Å²) in [5.41, 5.74) is 0.535. The summed E-state index contributed by atoms with van der Waals surface area (Å²) in [6, 6.07) is 9.51. The Kier molecular flexibility index (Phi) is 5.21. The number of nitriles is 1. The van der Waals surface area contributed by atoms with Crippen LogP contribution in [0.25, 0.3) is 6.08 Å². The van der Waals surface area contributed by atoms with Gasteiger partial charge in [0.1, 0.15) is 17.4 Å². The maximum Gasteiger partial charge on any atom is 0.262 e. The minimum Gasteiger partial charge on any atom is -0.504 e. The quantitative estimate of drug-likeness (QED) is 0.340. The number of hydrogen-bond donors (Lipinski definition) is 3. The molecule has 0 aliphatic carbocycles. The highest BCUT2D eigenvalue weighted by Crippen LogP contribution is 2.24. The van der Waals surface area contributed by atoms with Crippen molar-refractivity contribution in [1.29, 1.82) is 5.26 Å². The Balaban J connectivity index is 1.97. The van der Waals surface area contributed by atoms with Crippen molar-refractivity contribution in [3.05, 3.63) is 65.6 Å². The molecule has 23 heavy (non-hydrogen) atoms. The highest BCUT2D eigenvalue weighted by atomic mass is 16.3. The molecule has 0 bridgehead atoms. The fourth-order valence-corrected chi connectivity index (χ4v) is 1.75. The Morgan fingerprint density at radius 2 is 2.13 bits per heavy atom. The van der Waals surface area contributed by atoms with Gasteiger partial charge in [-0.1, -0.05) is 12.1 Å². The number of nitrogens with zero attached hydrogens (tertiary/aromatic N) is 1. The van der Waals surface area contributed by atoms with Crippen molar-refractivity contribution in [2.24, 2.45) is 0 Å². The molecule has 0 aliphatic rings. The summed E-state index contributed by atoms with van der Waals surface area (Å²) in [6.45, 7) is 0.119. The summed E-state index contributed by atoms with van der Waals surface area (Å²) in [5.74, 6) is -0.433. The lowest BCUT2D eigenvalue weighted by Gasteiger charge is -2.05. The molecular formula is C17H14N2O4. The number of nitrogens with one attached hydrogen (secondary N) is 1. The number of amides is 1. The molecule has 1 amide bonds. The number of hydrogen-bond acceptors (Lipinski definition) is 5. The van der Waals surface area contributed by atoms with E-state index in [9.17, 15) is 15.0 Å². The van der Waals surface area contributed by atoms with Gasteiger partial charge in [0.05, 0.1) is 6.26 Å². The molecule has 3 N–H and O–H groups in total. The molecule has 0 atom stereocenters. The van der Waals surface area contributed by atoms with Gasteiger partial charge in [-0.2, -0.15) is 5.26 Å². The highest BCUT2D eigenvalue weighted by Gasteiger charge is 2.08. The SMILES string of the molecule is N#C/C(=C\C=C\c1ccco1)C(=O)NCc1ccc(O)c(O)c1. The van der Waals surface area contributed by atoms with Crippen LogP contribution in [0.2, 0.25) is 0 Å². The van der Waals surface area contributed by atoms with Crippen LogP contribution < -0.4 is 5.32 Å². The molecule has 0 saturated heterocycles. The van der Waals surface area contributed by atoms with Gasteiger partial charge in [0, 0.05) is 6.54 Å². The first-order chi connectivity index (χ1) is 11.1. The molecule has 1 heterocycles. The van der Waals surface area contributed by atoms with Crippen LogP contribution in [-0.4, -0.2) is 16.1 Å². The number of carbonyl (C=O) groups excluding carboxylic acids is 1. The van der Waals surface area contributed by atoms with E-state index in [1.807, 2.05) is 6.07 Å². The van der Waals surface area contributed by atoms with Crippen molar-refractivity contribution in [2.75, 3.05) is 0 Å². The topological polar surface area (TPSA) is 106 Å². The number of aromatic hydroxyl groups is 2. The Hall–Kier alpha value is -3.46. The van der Waals surface area contributed by atoms with Crippen molar-refractivity contribution in [2.45, 2.75) is 6.54 Å². The van der Waals surface area contributed by atoms with Crippen LogP contribution in [0.1, 0.15) is 11.3 Å². The first-order valence-electron chi connectivity index (χ1n) is 6.71. The Bertz CT molecular complexity index is 783. The average molecular weight is 310 g/mol. The van der Waals surface area contributed by atoms with Gasteiger partial charge >= 0.3 is 0 Å². The highest BCUT2D eigenvalue weighted by molar-refractivity contribution is 5.97. The summed E-state index contributed by atoms with van der Waals surface area (Å²) in [4.78, 5) is 11.9. The second kappa shape index (κ2) is 7.52. The number of furan rings is 1. The molecule has 0 aliphatic heterocycles. The Labute approximate surface area is 132 Å². The van der Waals surface area contributed by atoms with E-state index in [4.69, 9.17) is 9.68 Å². The molecule has 2 aromatic rings. The van der Waals surface area contributed by atoms with Crippen molar-refractivity contribution in [3.8, 4) is 17.6 Å². The first kappa shape index (κ1) is 15.9. The number of rotatable bonds is 5. The van der Waals surface area contributed by atoms with Crippen molar-refractivity contribution < 1.29 is 19.4 Å². The summed E-state index contributed by atoms with van der Waals surface area (Å²) >= 11 is 0. The van der Waals surface area contributed by atoms with Gasteiger partial charge in [-0.25, -0.2) is 0 Å². The molecule has 6 nitrogen and oxygen atoms in total. The second-order valence-corrected chi connectivity index (χ2v) is 4.57. The molecule has 0 radical (unpaired) electrons. The van der Waals surface area contributed by atoms with Crippen LogP contribution >= 0.6 is 0 Å². The minimum atomic E-state index is -0.538. The van der Waals surface area contributed by atoms with Crippen LogP contribution in [0.15, 0.2) is 58.7 Å². The van der Waals surface area contributed by atoms with Gasteiger partial charge in [0.15, 0.2) is 11.5 Å². The van der Waals surface area contributed by atoms with Crippen LogP contribution in [0.5, 0.6) is 11.5 Å². The summed E-state index contributed by atoms with van der Waals surface area (Å²) in [5, 5.41) is 30.2. The first-order valence-corrected chi connectivity index (χ1v) is 6.71. The third-order valence-corrected chi connectivity index (χ3v) is 2.92. The fourth-order valence-electron chi connectivity index (χ4n) is 1.75. The third-order valence-electron chi connectivity index (χ3n) is 2.92. The summed E-state index contributed by atoms with van der Waals surface area (Å²) < 4.78 is 5.09. The number of carbonyl (C=O) groups is 1. The molecule has 0 spiro atoms. The number of allylic oxidation sites excluding steroid dienone is 2. The summed E-state index contributed by atoms with van der Waals surface area (Å²) in [6.07, 6.45) is 6.08. The fraction of sp³-hybridized carbons (Fsp3) is 0.0588. The maximum atomic E-state index is 11.9. The molecule has 1 aromatic carbocycles. The average Bonchev–Trinajstić information content (AvgIpc) is 3.06. The standard InChI is InChI=1S/C17H14N2O4/c18-10-13(3-1-4-14-5-2-8-23-14)17(22)19-11-12-6-7-15(20)16(21)9-12/h1-9,20-21H,11H2,(H,19,22)/b4-1+,13-3+. The van der Waals surface area contributed by atoms with Crippen molar-refractivity contribution in [1.82, 2.24) is 5.32 Å². The van der Waals surface area contributed by atoms with Gasteiger partial charge in [-0.3, -0.25) is 4.79 Å². The van der Waals surface area contributed by atoms with Gasteiger partial charge < -0.3 is 19.9 Å². The zero-order chi connectivity index (χ0) is 16.7. The normalized spacial score (nSPS) is 11.3. The largest absolute Gasteiger partial charge is 0.504 e. The number of phenolic OH excluding ortho intramolecular Hbond substituents is 2. The minimum absolute atomic E-state index is 0.0594. The van der Waals surface area contributed by atoms with Crippen molar-refractivity contribution in [3.63, 3.8) is 0 Å². The van der Waals surface area contributed by atoms with E-state index in [0.717, 1.165) is 0 Å². The molecule has 2 rings (SSSR count). The van der Waals surface area contributed by atoms with Crippen LogP contribution in [0.3, 0.4) is 0 Å². The number of phenols is 2. The smallest absolute Gasteiger partial charge is 0.262 e. The summed E-state index contributed by atoms with van der Waals surface area (Å²) in [7, 11) is 0. The zero-order valence-electron chi connectivity index (χ0n) is 12.1. The molecule has 0 fully saturated rings. The van der Waals surface area contributed by atoms with Gasteiger partial charge in [0.25, 0.3) is 5.91 Å². The zero-order valence-corrected chi connectivity index (χ0v) is 12.1. The van der Waals surface area contributed by atoms with E-state index in [1.165, 1.54) is 24.5 Å². The molecule has 116 valence electrons. The van der Waals surface area contributed by atoms with E-state index in [1.54, 1.807) is 30.4 Å². The predicted molar refractivity (Wildman–Crippen MR) is 83.1 cm³/mol. The van der Waals surface area contributed by atoms with Gasteiger partial charge in [-0.05, 0) is 42.0 Å². The van der Waals surface area contributed by atoms with Crippen LogP contribution in [0, 0.1) is 11.3 Å². The molecule has 6 heteroatoms. The molecule has 1 aromatic heterocycles. The second-order valence-electron chi connectivity index (χ2n) is 4.57. The maximum absolute atomic E-state index is 11.9. The van der Waals surface area contributed by atoms with Gasteiger partial charge in [-0.15, -0.1) is 0 Å². The third kappa shape index (κ3) is 4.51. The van der Waals surface area contributed by atoms with E-state index in [-0.39, 0.29) is 23.6 Å². The van der Waals surface area contributed by atoms with E-state index >= 15 is 0 Å². The van der Waals surface area contributed by atoms with Gasteiger partial charge in [0.2, 0.25) is 0 Å². The molecule has 0 unspecified atom stereocenters. The lowest BCUT2D eigenvalue weighted by Crippen LogP contribution is -2.23. The lowest BCUT2D eigenvalue weighted by molar-refractivity contribution is -0.117.